The van der Waals surface area contributed by atoms with Gasteiger partial charge in [0.1, 0.15) is 5.97 Å². The molecule has 0 bridgehead atoms. The van der Waals surface area contributed by atoms with Crippen molar-refractivity contribution in [3.63, 3.8) is 0 Å². The highest BCUT2D eigenvalue weighted by Crippen LogP contribution is 2.36. The number of rotatable bonds is 2. The Kier molecular flexibility index (Phi) is 2.46. The van der Waals surface area contributed by atoms with Crippen LogP contribution in [0, 0.1) is 0 Å². The van der Waals surface area contributed by atoms with Crippen LogP contribution in [0.4, 0.5) is 0 Å². The predicted octanol–water partition coefficient (Wildman–Crippen LogP) is 1.15. The molecule has 1 unspecified atom stereocenters. The summed E-state index contributed by atoms with van der Waals surface area (Å²) in [6.07, 6.45) is 0. The summed E-state index contributed by atoms with van der Waals surface area (Å²) in [7, 11) is 3.26. The SMILES string of the molecule is CN(C)[s+]1c(C(=O)[O-])cc2ccccc21. The normalized spacial score (nSPS) is 12.3. The van der Waals surface area contributed by atoms with E-state index < -0.39 is 16.6 Å². The fourth-order valence-electron chi connectivity index (χ4n) is 1.62. The number of nitrogens with zero attached hydrogens (tertiary/aromatic N) is 1. The van der Waals surface area contributed by atoms with E-state index in [0.29, 0.717) is 4.88 Å². The number of carbonyl (C=O) groups is 1. The van der Waals surface area contributed by atoms with Crippen molar-refractivity contribution in [2.24, 2.45) is 0 Å². The van der Waals surface area contributed by atoms with Gasteiger partial charge >= 0.3 is 0 Å². The molecule has 2 aromatic rings. The molecule has 2 rings (SSSR count). The molecule has 0 aliphatic rings. The van der Waals surface area contributed by atoms with E-state index in [9.17, 15) is 9.90 Å². The molecule has 1 heterocycles. The molecule has 0 aliphatic carbocycles. The van der Waals surface area contributed by atoms with E-state index in [4.69, 9.17) is 0 Å². The molecule has 0 N–H and O–H groups in total. The maximum atomic E-state index is 11.0. The van der Waals surface area contributed by atoms with Gasteiger partial charge in [-0.3, -0.25) is 0 Å². The van der Waals surface area contributed by atoms with Crippen LogP contribution in [0.15, 0.2) is 30.3 Å². The minimum absolute atomic E-state index is 0.362. The second-order valence-electron chi connectivity index (χ2n) is 3.43. The first kappa shape index (κ1) is 10.1. The minimum Gasteiger partial charge on any atom is -0.540 e. The third-order valence-corrected chi connectivity index (χ3v) is 4.41. The van der Waals surface area contributed by atoms with Gasteiger partial charge in [0.15, 0.2) is 0 Å². The van der Waals surface area contributed by atoms with Crippen molar-refractivity contribution in [1.82, 2.24) is 0 Å². The highest BCUT2D eigenvalue weighted by molar-refractivity contribution is 7.40. The van der Waals surface area contributed by atoms with Gasteiger partial charge in [0.05, 0.1) is 10.7 Å². The van der Waals surface area contributed by atoms with E-state index in [0.717, 1.165) is 10.1 Å². The van der Waals surface area contributed by atoms with Crippen molar-refractivity contribution in [3.05, 3.63) is 35.2 Å². The standard InChI is InChI=1S/C11H11NO2S/c1-12(2)15-9-6-4-3-5-8(9)7-10(15)11(13)14/h3-7H,1-2H3. The third-order valence-electron chi connectivity index (χ3n) is 2.19. The van der Waals surface area contributed by atoms with Crippen LogP contribution < -0.4 is 9.41 Å². The molecule has 0 fully saturated rings. The van der Waals surface area contributed by atoms with Crippen molar-refractivity contribution in [3.8, 4) is 0 Å². The molecule has 0 saturated heterocycles. The number of thiophene rings is 1. The Morgan fingerprint density at radius 3 is 2.60 bits per heavy atom. The lowest BCUT2D eigenvalue weighted by atomic mass is 10.2. The number of fused-ring (bicyclic) bond motifs is 1. The van der Waals surface area contributed by atoms with Gasteiger partial charge in [-0.05, 0) is 6.07 Å². The number of carboxylic acids is 1. The van der Waals surface area contributed by atoms with Gasteiger partial charge in [-0.1, -0.05) is 12.1 Å². The van der Waals surface area contributed by atoms with E-state index in [-0.39, 0.29) is 0 Å². The van der Waals surface area contributed by atoms with Gasteiger partial charge in [0.2, 0.25) is 9.58 Å². The number of hydrogen-bond acceptors (Lipinski definition) is 3. The van der Waals surface area contributed by atoms with Crippen molar-refractivity contribution in [2.75, 3.05) is 18.4 Å². The first-order valence-corrected chi connectivity index (χ1v) is 5.73. The Labute approximate surface area is 90.7 Å². The Bertz CT molecular complexity index is 516. The Balaban J connectivity index is 2.80. The lowest BCUT2D eigenvalue weighted by molar-refractivity contribution is -0.254. The van der Waals surface area contributed by atoms with Gasteiger partial charge < -0.3 is 9.90 Å². The van der Waals surface area contributed by atoms with E-state index in [1.165, 1.54) is 0 Å². The Morgan fingerprint density at radius 2 is 2.00 bits per heavy atom. The first-order chi connectivity index (χ1) is 7.11. The molecule has 0 spiro atoms. The summed E-state index contributed by atoms with van der Waals surface area (Å²) < 4.78 is 2.97. The van der Waals surface area contributed by atoms with Crippen LogP contribution >= 0.6 is 10.7 Å². The number of carbonyl (C=O) groups excluding carboxylic acids is 1. The molecule has 1 aromatic carbocycles. The fraction of sp³-hybridized carbons (Fsp3) is 0.182. The molecule has 0 amide bonds. The predicted molar refractivity (Wildman–Crippen MR) is 60.8 cm³/mol. The van der Waals surface area contributed by atoms with Crippen molar-refractivity contribution in [2.45, 2.75) is 0 Å². The molecule has 1 atom stereocenters. The van der Waals surface area contributed by atoms with Crippen LogP contribution in [-0.2, 0) is 0 Å². The second kappa shape index (κ2) is 3.64. The topological polar surface area (TPSA) is 43.4 Å². The van der Waals surface area contributed by atoms with Gasteiger partial charge in [-0.25, -0.2) is 0 Å². The second-order valence-corrected chi connectivity index (χ2v) is 5.61. The summed E-state index contributed by atoms with van der Waals surface area (Å²) in [5.74, 6) is -1.08. The average molecular weight is 221 g/mol. The van der Waals surface area contributed by atoms with Gasteiger partial charge in [0.25, 0.3) is 0 Å². The molecular formula is C11H11NO2S. The number of carboxylic acid groups (broad SMARTS) is 1. The molecule has 4 heteroatoms. The molecule has 0 saturated carbocycles. The quantitative estimate of drug-likeness (QED) is 0.714. The van der Waals surface area contributed by atoms with Crippen molar-refractivity contribution >= 4 is 26.7 Å². The first-order valence-electron chi connectivity index (χ1n) is 4.55. The van der Waals surface area contributed by atoms with Crippen LogP contribution in [0.5, 0.6) is 0 Å². The van der Waals surface area contributed by atoms with Crippen molar-refractivity contribution < 1.29 is 9.90 Å². The Morgan fingerprint density at radius 1 is 1.33 bits per heavy atom. The lowest BCUT2D eigenvalue weighted by Gasteiger charge is -2.02. The molecule has 1 aromatic heterocycles. The molecular weight excluding hydrogens is 210 g/mol. The van der Waals surface area contributed by atoms with E-state index in [1.54, 1.807) is 6.07 Å². The molecule has 15 heavy (non-hydrogen) atoms. The maximum Gasteiger partial charge on any atom is 0.219 e. The smallest absolute Gasteiger partial charge is 0.219 e. The number of aromatic carboxylic acids is 1. The van der Waals surface area contributed by atoms with Crippen LogP contribution in [-0.4, -0.2) is 20.1 Å². The zero-order chi connectivity index (χ0) is 11.0. The average Bonchev–Trinajstić information content (AvgIpc) is 2.56. The minimum atomic E-state index is -1.08. The summed E-state index contributed by atoms with van der Waals surface area (Å²) in [5, 5.41) is 12.0. The summed E-state index contributed by atoms with van der Waals surface area (Å²) in [6.45, 7) is 0. The van der Waals surface area contributed by atoms with Gasteiger partial charge in [0, 0.05) is 31.6 Å². The zero-order valence-electron chi connectivity index (χ0n) is 8.56. The summed E-state index contributed by atoms with van der Waals surface area (Å²) in [6, 6.07) is 9.42. The highest BCUT2D eigenvalue weighted by Gasteiger charge is 2.23. The van der Waals surface area contributed by atoms with Crippen LogP contribution in [0.2, 0.25) is 0 Å². The van der Waals surface area contributed by atoms with Crippen molar-refractivity contribution in [1.29, 1.82) is 0 Å². The van der Waals surface area contributed by atoms with Crippen LogP contribution in [0.1, 0.15) is 9.67 Å². The third kappa shape index (κ3) is 1.62. The highest BCUT2D eigenvalue weighted by atomic mass is 32.2. The zero-order valence-corrected chi connectivity index (χ0v) is 9.38. The van der Waals surface area contributed by atoms with Gasteiger partial charge in [-0.2, -0.15) is 0 Å². The molecule has 0 radical (unpaired) electrons. The largest absolute Gasteiger partial charge is 0.540 e. The maximum absolute atomic E-state index is 11.0. The van der Waals surface area contributed by atoms with E-state index >= 15 is 0 Å². The summed E-state index contributed by atoms with van der Waals surface area (Å²) in [4.78, 5) is 11.3. The van der Waals surface area contributed by atoms with E-state index in [1.807, 2.05) is 42.7 Å². The van der Waals surface area contributed by atoms with Gasteiger partial charge in [-0.15, -0.1) is 4.31 Å². The summed E-state index contributed by atoms with van der Waals surface area (Å²) >= 11 is 0. The molecule has 78 valence electrons. The number of hydrogen-bond donors (Lipinski definition) is 0. The monoisotopic (exact) mass is 221 g/mol. The number of benzene rings is 1. The van der Waals surface area contributed by atoms with E-state index in [2.05, 4.69) is 0 Å². The molecule has 3 nitrogen and oxygen atoms in total. The lowest BCUT2D eigenvalue weighted by Crippen LogP contribution is -2.23. The van der Waals surface area contributed by atoms with Crippen LogP contribution in [0.3, 0.4) is 0 Å². The summed E-state index contributed by atoms with van der Waals surface area (Å²) in [5.41, 5.74) is 0. The fourth-order valence-corrected chi connectivity index (χ4v) is 3.60. The van der Waals surface area contributed by atoms with Crippen LogP contribution in [0.25, 0.3) is 10.1 Å². The Hall–Kier alpha value is -1.39. The molecule has 0 aliphatic heterocycles.